The fourth-order valence-electron chi connectivity index (χ4n) is 4.99. The summed E-state index contributed by atoms with van der Waals surface area (Å²) in [5.74, 6) is -0.412. The van der Waals surface area contributed by atoms with Crippen molar-refractivity contribution < 1.29 is 9.50 Å². The van der Waals surface area contributed by atoms with Crippen molar-refractivity contribution in [1.82, 2.24) is 13.7 Å². The van der Waals surface area contributed by atoms with Gasteiger partial charge in [-0.25, -0.2) is 9.18 Å². The lowest BCUT2D eigenvalue weighted by molar-refractivity contribution is 0.274. The molecule has 3 N–H and O–H groups in total. The molecule has 2 aromatic heterocycles. The maximum atomic E-state index is 14.8. The van der Waals surface area contributed by atoms with Gasteiger partial charge in [0.05, 0.1) is 29.0 Å². The number of nitrogens with one attached hydrogen (secondary N) is 2. The monoisotopic (exact) mass is 517 g/mol. The van der Waals surface area contributed by atoms with Crippen LogP contribution in [0.3, 0.4) is 0 Å². The highest BCUT2D eigenvalue weighted by molar-refractivity contribution is 5.93. The van der Waals surface area contributed by atoms with Gasteiger partial charge in [0.1, 0.15) is 17.0 Å². The molecule has 2 aromatic carbocycles. The van der Waals surface area contributed by atoms with Gasteiger partial charge in [0.25, 0.3) is 11.1 Å². The summed E-state index contributed by atoms with van der Waals surface area (Å²) in [5, 5.41) is 16.1. The Morgan fingerprint density at radius 3 is 2.42 bits per heavy atom. The average molecular weight is 518 g/mol. The number of nitrogens with zero attached hydrogens (tertiary/aromatic N) is 3. The Morgan fingerprint density at radius 1 is 1.03 bits per heavy atom. The van der Waals surface area contributed by atoms with Crippen molar-refractivity contribution in [1.29, 1.82) is 0 Å². The highest BCUT2D eigenvalue weighted by Crippen LogP contribution is 2.34. The topological polar surface area (TPSA) is 110 Å². The van der Waals surface area contributed by atoms with E-state index in [-0.39, 0.29) is 40.1 Å². The number of aliphatic hydroxyl groups excluding tert-OH is 1. The van der Waals surface area contributed by atoms with E-state index in [9.17, 15) is 23.9 Å². The largest absolute Gasteiger partial charge is 0.391 e. The molecule has 2 heterocycles. The lowest BCUT2D eigenvalue weighted by Gasteiger charge is -2.21. The number of anilines is 3. The molecule has 0 saturated heterocycles. The Morgan fingerprint density at radius 2 is 1.76 bits per heavy atom. The number of aromatic nitrogens is 3. The molecule has 0 spiro atoms. The number of rotatable bonds is 6. The summed E-state index contributed by atoms with van der Waals surface area (Å²) < 4.78 is 18.8. The Kier molecular flexibility index (Phi) is 5.53. The van der Waals surface area contributed by atoms with Crippen molar-refractivity contribution in [2.24, 2.45) is 7.05 Å². The minimum absolute atomic E-state index is 0.0617. The summed E-state index contributed by atoms with van der Waals surface area (Å²) in [5.41, 5.74) is 0.954. The predicted molar refractivity (Wildman–Crippen MR) is 145 cm³/mol. The first kappa shape index (κ1) is 24.2. The van der Waals surface area contributed by atoms with E-state index < -0.39 is 28.7 Å². The van der Waals surface area contributed by atoms with E-state index in [0.29, 0.717) is 30.6 Å². The maximum Gasteiger partial charge on any atom is 0.336 e. The molecule has 2 atom stereocenters. The van der Waals surface area contributed by atoms with Crippen LogP contribution in [-0.4, -0.2) is 31.0 Å². The molecule has 2 fully saturated rings. The molecule has 0 bridgehead atoms. The molecule has 38 heavy (non-hydrogen) atoms. The second kappa shape index (κ2) is 8.70. The smallest absolute Gasteiger partial charge is 0.336 e. The molecule has 4 aromatic rings. The standard InChI is InChI=1S/C28H28FN5O4/c1-14-7-10-20(19(29)11-14)31-25-23-24(15(2)26(36)32(25)3)33(28(38)34(27(23)37)17-8-9-17)18-6-4-5-16(12-18)30-21-13-22(21)35/h4-7,10-12,17,21-22,30-31,35H,8-9,13H2,1-3H3. The second-order valence-electron chi connectivity index (χ2n) is 10.3. The fraction of sp³-hybridized carbons (Fsp3) is 0.321. The fourth-order valence-corrected chi connectivity index (χ4v) is 4.99. The first-order valence-corrected chi connectivity index (χ1v) is 12.6. The van der Waals surface area contributed by atoms with Crippen molar-refractivity contribution in [3.8, 4) is 5.69 Å². The van der Waals surface area contributed by atoms with Crippen LogP contribution in [0.15, 0.2) is 56.8 Å². The normalized spacial score (nSPS) is 18.6. The van der Waals surface area contributed by atoms with Gasteiger partial charge in [-0.1, -0.05) is 12.1 Å². The molecular weight excluding hydrogens is 489 g/mol. The van der Waals surface area contributed by atoms with E-state index in [1.165, 1.54) is 26.8 Å². The number of pyridine rings is 1. The summed E-state index contributed by atoms with van der Waals surface area (Å²) in [6.07, 6.45) is 1.61. The van der Waals surface area contributed by atoms with Gasteiger partial charge in [0, 0.05) is 24.3 Å². The zero-order valence-electron chi connectivity index (χ0n) is 21.3. The van der Waals surface area contributed by atoms with Crippen LogP contribution in [0, 0.1) is 19.7 Å². The second-order valence-corrected chi connectivity index (χ2v) is 10.3. The minimum atomic E-state index is -0.530. The van der Waals surface area contributed by atoms with Crippen molar-refractivity contribution in [3.63, 3.8) is 0 Å². The van der Waals surface area contributed by atoms with Crippen LogP contribution in [0.4, 0.5) is 21.6 Å². The number of aryl methyl sites for hydroxylation is 2. The van der Waals surface area contributed by atoms with Gasteiger partial charge in [-0.3, -0.25) is 23.3 Å². The molecular formula is C28H28FN5O4. The minimum Gasteiger partial charge on any atom is -0.391 e. The highest BCUT2D eigenvalue weighted by atomic mass is 19.1. The summed E-state index contributed by atoms with van der Waals surface area (Å²) in [4.78, 5) is 41.2. The van der Waals surface area contributed by atoms with Crippen molar-refractivity contribution in [2.75, 3.05) is 10.6 Å². The number of aliphatic hydroxyl groups is 1. The molecule has 2 aliphatic rings. The van der Waals surface area contributed by atoms with Gasteiger partial charge in [0.15, 0.2) is 0 Å². The van der Waals surface area contributed by atoms with Gasteiger partial charge in [-0.15, -0.1) is 0 Å². The predicted octanol–water partition coefficient (Wildman–Crippen LogP) is 3.23. The summed E-state index contributed by atoms with van der Waals surface area (Å²) in [7, 11) is 1.52. The van der Waals surface area contributed by atoms with E-state index in [4.69, 9.17) is 0 Å². The molecule has 196 valence electrons. The van der Waals surface area contributed by atoms with Crippen LogP contribution in [0.5, 0.6) is 0 Å². The lowest BCUT2D eigenvalue weighted by atomic mass is 10.1. The maximum absolute atomic E-state index is 14.8. The lowest BCUT2D eigenvalue weighted by Crippen LogP contribution is -2.41. The zero-order chi connectivity index (χ0) is 26.9. The van der Waals surface area contributed by atoms with Gasteiger partial charge >= 0.3 is 5.69 Å². The van der Waals surface area contributed by atoms with Crippen molar-refractivity contribution >= 4 is 28.1 Å². The summed E-state index contributed by atoms with van der Waals surface area (Å²) in [6.45, 7) is 3.35. The average Bonchev–Trinajstić information content (AvgIpc) is 3.81. The molecule has 10 heteroatoms. The van der Waals surface area contributed by atoms with Crippen LogP contribution >= 0.6 is 0 Å². The van der Waals surface area contributed by atoms with Crippen LogP contribution in [0.2, 0.25) is 0 Å². The van der Waals surface area contributed by atoms with Gasteiger partial charge in [-0.2, -0.15) is 0 Å². The molecule has 6 rings (SSSR count). The van der Waals surface area contributed by atoms with E-state index in [1.54, 1.807) is 44.2 Å². The van der Waals surface area contributed by atoms with Gasteiger partial charge in [0.2, 0.25) is 0 Å². The Labute approximate surface area is 216 Å². The van der Waals surface area contributed by atoms with E-state index in [0.717, 1.165) is 5.56 Å². The van der Waals surface area contributed by atoms with E-state index in [1.807, 2.05) is 6.07 Å². The van der Waals surface area contributed by atoms with Crippen molar-refractivity contribution in [2.45, 2.75) is 51.3 Å². The first-order valence-electron chi connectivity index (χ1n) is 12.6. The Hall–Kier alpha value is -4.18. The van der Waals surface area contributed by atoms with Gasteiger partial charge in [-0.05, 0) is 69.0 Å². The van der Waals surface area contributed by atoms with Crippen LogP contribution in [0.25, 0.3) is 16.6 Å². The number of hydrogen-bond donors (Lipinski definition) is 3. The Bertz CT molecular complexity index is 1800. The quantitative estimate of drug-likeness (QED) is 0.362. The number of fused-ring (bicyclic) bond motifs is 1. The van der Waals surface area contributed by atoms with Crippen LogP contribution < -0.4 is 27.4 Å². The molecule has 2 unspecified atom stereocenters. The molecule has 2 aliphatic carbocycles. The summed E-state index contributed by atoms with van der Waals surface area (Å²) >= 11 is 0. The molecule has 2 saturated carbocycles. The zero-order valence-corrected chi connectivity index (χ0v) is 21.3. The van der Waals surface area contributed by atoms with Crippen LogP contribution in [-0.2, 0) is 7.05 Å². The van der Waals surface area contributed by atoms with Gasteiger partial charge < -0.3 is 15.7 Å². The number of benzene rings is 2. The first-order chi connectivity index (χ1) is 18.2. The third-order valence-electron chi connectivity index (χ3n) is 7.35. The third kappa shape index (κ3) is 3.92. The van der Waals surface area contributed by atoms with Crippen LogP contribution in [0.1, 0.15) is 36.4 Å². The highest BCUT2D eigenvalue weighted by Gasteiger charge is 2.35. The SMILES string of the molecule is Cc1ccc(Nc2c3c(=O)n(C4CC4)c(=O)n(-c4cccc(NC5CC5O)c4)c3c(C)c(=O)n2C)c(F)c1. The Balaban J connectivity index is 1.66. The third-order valence-corrected chi connectivity index (χ3v) is 7.35. The molecule has 0 radical (unpaired) electrons. The molecule has 9 nitrogen and oxygen atoms in total. The molecule has 0 amide bonds. The molecule has 0 aliphatic heterocycles. The van der Waals surface area contributed by atoms with Crippen molar-refractivity contribution in [3.05, 3.63) is 90.6 Å². The number of halogens is 1. The number of hydrogen-bond acceptors (Lipinski definition) is 6. The van der Waals surface area contributed by atoms with E-state index in [2.05, 4.69) is 10.6 Å². The summed E-state index contributed by atoms with van der Waals surface area (Å²) in [6, 6.07) is 11.4. The van der Waals surface area contributed by atoms with E-state index >= 15 is 0 Å².